The van der Waals surface area contributed by atoms with E-state index in [9.17, 15) is 9.90 Å². The first-order valence-electron chi connectivity index (χ1n) is 7.91. The second-order valence-electron chi connectivity index (χ2n) is 6.84. The fourth-order valence-corrected chi connectivity index (χ4v) is 3.34. The Kier molecular flexibility index (Phi) is 3.69. The molecule has 0 spiro atoms. The Hall–Kier alpha value is -2.25. The predicted molar refractivity (Wildman–Crippen MR) is 82.7 cm³/mol. The van der Waals surface area contributed by atoms with Gasteiger partial charge in [-0.05, 0) is 36.3 Å². The van der Waals surface area contributed by atoms with Gasteiger partial charge in [-0.15, -0.1) is 15.0 Å². The van der Waals surface area contributed by atoms with Crippen LogP contribution in [0.25, 0.3) is 11.4 Å². The summed E-state index contributed by atoms with van der Waals surface area (Å²) in [5.74, 6) is 0.103. The number of hydrogen-bond donors (Lipinski definition) is 1. The summed E-state index contributed by atoms with van der Waals surface area (Å²) >= 11 is 0. The molecule has 0 bridgehead atoms. The van der Waals surface area contributed by atoms with Crippen LogP contribution in [-0.4, -0.2) is 41.1 Å². The van der Waals surface area contributed by atoms with Crippen molar-refractivity contribution in [1.29, 1.82) is 0 Å². The first-order chi connectivity index (χ1) is 10.8. The molecule has 0 radical (unpaired) electrons. The van der Waals surface area contributed by atoms with Gasteiger partial charge in [-0.25, -0.2) is 4.79 Å². The van der Waals surface area contributed by atoms with Crippen LogP contribution in [0.2, 0.25) is 0 Å². The summed E-state index contributed by atoms with van der Waals surface area (Å²) in [5, 5.41) is 26.7. The van der Waals surface area contributed by atoms with Crippen molar-refractivity contribution >= 4 is 5.97 Å². The lowest BCUT2D eigenvalue weighted by Gasteiger charge is -2.22. The van der Waals surface area contributed by atoms with Crippen LogP contribution in [0.1, 0.15) is 51.6 Å². The van der Waals surface area contributed by atoms with Crippen molar-refractivity contribution in [2.75, 3.05) is 0 Å². The molecular weight excluding hydrogens is 296 g/mol. The molecule has 0 aromatic carbocycles. The lowest BCUT2D eigenvalue weighted by molar-refractivity contribution is -0.148. The van der Waals surface area contributed by atoms with E-state index >= 15 is 0 Å². The fourth-order valence-electron chi connectivity index (χ4n) is 3.34. The Morgan fingerprint density at radius 1 is 1.43 bits per heavy atom. The van der Waals surface area contributed by atoms with E-state index < -0.39 is 11.5 Å². The number of aromatic nitrogens is 6. The van der Waals surface area contributed by atoms with Crippen molar-refractivity contribution < 1.29 is 9.90 Å². The zero-order chi connectivity index (χ0) is 16.8. The van der Waals surface area contributed by atoms with E-state index in [-0.39, 0.29) is 5.92 Å². The molecule has 2 atom stereocenters. The summed E-state index contributed by atoms with van der Waals surface area (Å²) in [6.45, 7) is 6.15. The van der Waals surface area contributed by atoms with Crippen molar-refractivity contribution in [3.05, 3.63) is 11.9 Å². The lowest BCUT2D eigenvalue weighted by atomic mass is 9.97. The molecule has 8 heteroatoms. The molecule has 3 rings (SSSR count). The fraction of sp³-hybridized carbons (Fsp3) is 0.667. The highest BCUT2D eigenvalue weighted by molar-refractivity contribution is 5.77. The van der Waals surface area contributed by atoms with Gasteiger partial charge in [0.25, 0.3) is 0 Å². The summed E-state index contributed by atoms with van der Waals surface area (Å²) in [5.41, 5.74) is 0.613. The highest BCUT2D eigenvalue weighted by atomic mass is 16.4. The van der Waals surface area contributed by atoms with Crippen molar-refractivity contribution in [3.63, 3.8) is 0 Å². The molecule has 23 heavy (non-hydrogen) atoms. The van der Waals surface area contributed by atoms with Gasteiger partial charge in [0.1, 0.15) is 0 Å². The molecule has 2 unspecified atom stereocenters. The molecule has 1 fully saturated rings. The van der Waals surface area contributed by atoms with Crippen LogP contribution in [0.4, 0.5) is 0 Å². The maximum absolute atomic E-state index is 11.8. The van der Waals surface area contributed by atoms with Crippen molar-refractivity contribution in [2.45, 2.75) is 51.5 Å². The molecule has 1 aliphatic carbocycles. The monoisotopic (exact) mass is 318 g/mol. The van der Waals surface area contributed by atoms with Gasteiger partial charge in [-0.2, -0.15) is 5.10 Å². The maximum Gasteiger partial charge on any atom is 0.333 e. The predicted octanol–water partition coefficient (Wildman–Crippen LogP) is 1.80. The van der Waals surface area contributed by atoms with Gasteiger partial charge in [0, 0.05) is 13.2 Å². The quantitative estimate of drug-likeness (QED) is 0.923. The zero-order valence-corrected chi connectivity index (χ0v) is 13.9. The molecule has 2 heterocycles. The average molecular weight is 318 g/mol. The van der Waals surface area contributed by atoms with Gasteiger partial charge in [0.2, 0.25) is 5.82 Å². The number of carbonyl (C=O) groups is 1. The van der Waals surface area contributed by atoms with E-state index in [2.05, 4.69) is 27.4 Å². The average Bonchev–Trinajstić information content (AvgIpc) is 3.15. The first kappa shape index (κ1) is 15.6. The van der Waals surface area contributed by atoms with Crippen molar-refractivity contribution in [2.24, 2.45) is 13.0 Å². The van der Waals surface area contributed by atoms with Crippen LogP contribution in [-0.2, 0) is 17.4 Å². The second kappa shape index (κ2) is 5.43. The SMILES string of the molecule is CC1CCC(C(=O)O)(n2nnc(-c3cn(C)nc3C(C)C)n2)C1. The van der Waals surface area contributed by atoms with Gasteiger partial charge in [0.05, 0.1) is 11.3 Å². The van der Waals surface area contributed by atoms with Crippen LogP contribution in [0.5, 0.6) is 0 Å². The van der Waals surface area contributed by atoms with Crippen LogP contribution in [0.15, 0.2) is 6.20 Å². The number of carboxylic acid groups (broad SMARTS) is 1. The number of aryl methyl sites for hydroxylation is 1. The van der Waals surface area contributed by atoms with Gasteiger partial charge < -0.3 is 5.11 Å². The Balaban J connectivity index is 2.02. The summed E-state index contributed by atoms with van der Waals surface area (Å²) < 4.78 is 1.72. The lowest BCUT2D eigenvalue weighted by Crippen LogP contribution is -2.41. The van der Waals surface area contributed by atoms with Crippen LogP contribution in [0, 0.1) is 5.92 Å². The normalized spacial score (nSPS) is 24.5. The van der Waals surface area contributed by atoms with E-state index in [1.807, 2.05) is 27.1 Å². The number of hydrogen-bond acceptors (Lipinski definition) is 5. The highest BCUT2D eigenvalue weighted by Gasteiger charge is 2.48. The topological polar surface area (TPSA) is 98.7 Å². The Morgan fingerprint density at radius 3 is 2.74 bits per heavy atom. The third-order valence-electron chi connectivity index (χ3n) is 4.58. The number of rotatable bonds is 4. The summed E-state index contributed by atoms with van der Waals surface area (Å²) in [4.78, 5) is 13.1. The Bertz CT molecular complexity index is 734. The first-order valence-corrected chi connectivity index (χ1v) is 7.91. The van der Waals surface area contributed by atoms with Crippen LogP contribution < -0.4 is 0 Å². The summed E-state index contributed by atoms with van der Waals surface area (Å²) in [6.07, 6.45) is 3.76. The van der Waals surface area contributed by atoms with E-state index in [4.69, 9.17) is 0 Å². The molecule has 2 aromatic heterocycles. The Morgan fingerprint density at radius 2 is 2.17 bits per heavy atom. The minimum atomic E-state index is -1.08. The molecule has 1 N–H and O–H groups in total. The molecule has 0 amide bonds. The number of aliphatic carboxylic acids is 1. The zero-order valence-electron chi connectivity index (χ0n) is 13.9. The smallest absolute Gasteiger partial charge is 0.333 e. The minimum absolute atomic E-state index is 0.220. The second-order valence-corrected chi connectivity index (χ2v) is 6.84. The third kappa shape index (κ3) is 2.51. The van der Waals surface area contributed by atoms with Crippen molar-refractivity contribution in [3.8, 4) is 11.4 Å². The molecule has 0 saturated heterocycles. The molecule has 2 aromatic rings. The minimum Gasteiger partial charge on any atom is -0.479 e. The third-order valence-corrected chi connectivity index (χ3v) is 4.58. The summed E-state index contributed by atoms with van der Waals surface area (Å²) in [6, 6.07) is 0. The standard InChI is InChI=1S/C15H22N6O2/c1-9(2)12-11(8-20(4)17-12)13-16-19-21(18-13)15(14(22)23)6-5-10(3)7-15/h8-10H,5-7H2,1-4H3,(H,22,23). The molecular formula is C15H22N6O2. The van der Waals surface area contributed by atoms with Gasteiger partial charge in [-0.3, -0.25) is 4.68 Å². The van der Waals surface area contributed by atoms with Crippen molar-refractivity contribution in [1.82, 2.24) is 30.0 Å². The van der Waals surface area contributed by atoms with E-state index in [1.54, 1.807) is 4.68 Å². The van der Waals surface area contributed by atoms with E-state index in [1.165, 1.54) is 4.80 Å². The molecule has 124 valence electrons. The molecule has 1 saturated carbocycles. The number of nitrogens with zero attached hydrogens (tertiary/aromatic N) is 6. The van der Waals surface area contributed by atoms with E-state index in [0.29, 0.717) is 24.6 Å². The maximum atomic E-state index is 11.8. The molecule has 0 aliphatic heterocycles. The number of carboxylic acids is 1. The van der Waals surface area contributed by atoms with Gasteiger partial charge >= 0.3 is 5.97 Å². The van der Waals surface area contributed by atoms with Gasteiger partial charge in [0.15, 0.2) is 5.54 Å². The molecule has 8 nitrogen and oxygen atoms in total. The van der Waals surface area contributed by atoms with Crippen LogP contribution in [0.3, 0.4) is 0 Å². The number of tetrazole rings is 1. The molecule has 1 aliphatic rings. The highest BCUT2D eigenvalue weighted by Crippen LogP contribution is 2.40. The van der Waals surface area contributed by atoms with Gasteiger partial charge in [-0.1, -0.05) is 20.8 Å². The largest absolute Gasteiger partial charge is 0.479 e. The Labute approximate surface area is 134 Å². The van der Waals surface area contributed by atoms with E-state index in [0.717, 1.165) is 17.7 Å². The summed E-state index contributed by atoms with van der Waals surface area (Å²) in [7, 11) is 1.84. The van der Waals surface area contributed by atoms with Crippen LogP contribution >= 0.6 is 0 Å².